The van der Waals surface area contributed by atoms with E-state index in [-0.39, 0.29) is 6.04 Å². The van der Waals surface area contributed by atoms with Gasteiger partial charge in [0.2, 0.25) is 0 Å². The van der Waals surface area contributed by atoms with E-state index < -0.39 is 5.91 Å². The summed E-state index contributed by atoms with van der Waals surface area (Å²) in [6.45, 7) is 1.03. The van der Waals surface area contributed by atoms with Gasteiger partial charge < -0.3 is 16.0 Å². The lowest BCUT2D eigenvalue weighted by Gasteiger charge is -2.19. The zero-order valence-corrected chi connectivity index (χ0v) is 15.2. The Balaban J connectivity index is 1.71. The zero-order valence-electron chi connectivity index (χ0n) is 15.2. The van der Waals surface area contributed by atoms with Crippen LogP contribution >= 0.6 is 0 Å². The van der Waals surface area contributed by atoms with Gasteiger partial charge in [0.05, 0.1) is 5.69 Å². The molecule has 0 saturated heterocycles. The van der Waals surface area contributed by atoms with Crippen molar-refractivity contribution in [1.29, 1.82) is 0 Å². The van der Waals surface area contributed by atoms with E-state index >= 15 is 0 Å². The van der Waals surface area contributed by atoms with E-state index in [2.05, 4.69) is 47.6 Å². The van der Waals surface area contributed by atoms with Gasteiger partial charge in [0.15, 0.2) is 5.82 Å². The van der Waals surface area contributed by atoms with E-state index in [0.29, 0.717) is 11.4 Å². The molecule has 0 saturated carbocycles. The van der Waals surface area contributed by atoms with Gasteiger partial charge in [0.25, 0.3) is 5.91 Å². The number of nitrogens with two attached hydrogens (primary N) is 1. The number of primary amides is 1. The molecule has 1 aliphatic rings. The van der Waals surface area contributed by atoms with E-state index in [4.69, 9.17) is 5.73 Å². The number of rotatable bonds is 7. The molecule has 2 aromatic rings. The summed E-state index contributed by atoms with van der Waals surface area (Å²) in [5.41, 5.74) is 8.14. The zero-order chi connectivity index (χ0) is 18.5. The SMILES string of the molecule is CN(C)CCC1=CCC(Nc2nn(-c3ccccc3)cc2C(N)=O)C=C1. The van der Waals surface area contributed by atoms with Gasteiger partial charge in [-0.15, -0.1) is 5.10 Å². The van der Waals surface area contributed by atoms with Gasteiger partial charge in [-0.25, -0.2) is 4.68 Å². The maximum atomic E-state index is 11.8. The number of allylic oxidation sites excluding steroid dienone is 1. The standard InChI is InChI=1S/C20H25N5O/c1-24(2)13-12-15-8-10-16(11-9-15)22-20-18(19(21)26)14-25(23-20)17-6-4-3-5-7-17/h3-10,14,16H,11-13H2,1-2H3,(H2,21,26)(H,22,23). The largest absolute Gasteiger partial charge is 0.365 e. The van der Waals surface area contributed by atoms with E-state index in [1.807, 2.05) is 30.3 Å². The average Bonchev–Trinajstić information content (AvgIpc) is 3.06. The molecule has 26 heavy (non-hydrogen) atoms. The van der Waals surface area contributed by atoms with Crippen LogP contribution in [0.3, 0.4) is 0 Å². The fourth-order valence-electron chi connectivity index (χ4n) is 2.86. The third-order valence-corrected chi connectivity index (χ3v) is 4.35. The number of hydrogen-bond acceptors (Lipinski definition) is 4. The normalized spacial score (nSPS) is 16.6. The second kappa shape index (κ2) is 8.01. The highest BCUT2D eigenvalue weighted by atomic mass is 16.1. The van der Waals surface area contributed by atoms with Crippen molar-refractivity contribution in [2.45, 2.75) is 18.9 Å². The van der Waals surface area contributed by atoms with Crippen molar-refractivity contribution in [2.75, 3.05) is 26.0 Å². The van der Waals surface area contributed by atoms with Crippen molar-refractivity contribution in [2.24, 2.45) is 5.73 Å². The molecular weight excluding hydrogens is 326 g/mol. The summed E-state index contributed by atoms with van der Waals surface area (Å²) in [6.07, 6.45) is 10.1. The number of nitrogens with zero attached hydrogens (tertiary/aromatic N) is 3. The molecule has 0 spiro atoms. The molecule has 0 bridgehead atoms. The quantitative estimate of drug-likeness (QED) is 0.804. The third kappa shape index (κ3) is 4.40. The summed E-state index contributed by atoms with van der Waals surface area (Å²) < 4.78 is 1.67. The molecule has 1 aliphatic carbocycles. The van der Waals surface area contributed by atoms with Gasteiger partial charge in [-0.05, 0) is 39.1 Å². The first-order valence-electron chi connectivity index (χ1n) is 8.76. The molecule has 0 radical (unpaired) electrons. The fraction of sp³-hybridized carbons (Fsp3) is 0.300. The molecule has 0 fully saturated rings. The highest BCUT2D eigenvalue weighted by molar-refractivity contribution is 5.97. The van der Waals surface area contributed by atoms with Crippen molar-refractivity contribution in [3.05, 3.63) is 65.9 Å². The predicted octanol–water partition coefficient (Wildman–Crippen LogP) is 2.59. The first-order chi connectivity index (χ1) is 12.5. The Kier molecular flexibility index (Phi) is 5.53. The molecule has 1 unspecified atom stereocenters. The summed E-state index contributed by atoms with van der Waals surface area (Å²) in [7, 11) is 4.15. The van der Waals surface area contributed by atoms with E-state index in [0.717, 1.165) is 25.1 Å². The van der Waals surface area contributed by atoms with E-state index in [1.165, 1.54) is 5.57 Å². The predicted molar refractivity (Wildman–Crippen MR) is 105 cm³/mol. The van der Waals surface area contributed by atoms with Crippen molar-refractivity contribution in [3.63, 3.8) is 0 Å². The van der Waals surface area contributed by atoms with Crippen LogP contribution in [0.4, 0.5) is 5.82 Å². The number of aromatic nitrogens is 2. The fourth-order valence-corrected chi connectivity index (χ4v) is 2.86. The third-order valence-electron chi connectivity index (χ3n) is 4.35. The number of benzene rings is 1. The van der Waals surface area contributed by atoms with Crippen LogP contribution in [-0.2, 0) is 0 Å². The molecular formula is C20H25N5O. The number of carbonyl (C=O) groups is 1. The second-order valence-electron chi connectivity index (χ2n) is 6.71. The van der Waals surface area contributed by atoms with Crippen LogP contribution in [0.25, 0.3) is 5.69 Å². The monoisotopic (exact) mass is 351 g/mol. The molecule has 1 aromatic carbocycles. The molecule has 6 heteroatoms. The first kappa shape index (κ1) is 17.9. The smallest absolute Gasteiger partial charge is 0.254 e. The van der Waals surface area contributed by atoms with E-state index in [9.17, 15) is 4.79 Å². The highest BCUT2D eigenvalue weighted by Gasteiger charge is 2.18. The lowest BCUT2D eigenvalue weighted by Crippen LogP contribution is -2.21. The molecule has 1 aromatic heterocycles. The molecule has 136 valence electrons. The summed E-state index contributed by atoms with van der Waals surface area (Å²) in [5, 5.41) is 7.85. The number of anilines is 1. The van der Waals surface area contributed by atoms with Crippen molar-refractivity contribution >= 4 is 11.7 Å². The summed E-state index contributed by atoms with van der Waals surface area (Å²) in [4.78, 5) is 14.0. The van der Waals surface area contributed by atoms with Crippen molar-refractivity contribution in [3.8, 4) is 5.69 Å². The Hall–Kier alpha value is -2.86. The van der Waals surface area contributed by atoms with Crippen LogP contribution in [0.1, 0.15) is 23.2 Å². The highest BCUT2D eigenvalue weighted by Crippen LogP contribution is 2.21. The molecule has 1 amide bonds. The molecule has 1 heterocycles. The van der Waals surface area contributed by atoms with Crippen molar-refractivity contribution < 1.29 is 4.79 Å². The topological polar surface area (TPSA) is 76.2 Å². The maximum absolute atomic E-state index is 11.8. The average molecular weight is 351 g/mol. The lowest BCUT2D eigenvalue weighted by molar-refractivity contribution is 0.100. The van der Waals surface area contributed by atoms with Gasteiger partial charge in [-0.3, -0.25) is 4.79 Å². The van der Waals surface area contributed by atoms with Gasteiger partial charge in [-0.1, -0.05) is 42.0 Å². The Bertz CT molecular complexity index is 820. The minimum absolute atomic E-state index is 0.0929. The summed E-state index contributed by atoms with van der Waals surface area (Å²) in [6, 6.07) is 9.75. The Morgan fingerprint density at radius 2 is 2.12 bits per heavy atom. The number of hydrogen-bond donors (Lipinski definition) is 2. The maximum Gasteiger partial charge on any atom is 0.254 e. The molecule has 6 nitrogen and oxygen atoms in total. The minimum Gasteiger partial charge on any atom is -0.365 e. The Morgan fingerprint density at radius 1 is 1.35 bits per heavy atom. The first-order valence-corrected chi connectivity index (χ1v) is 8.76. The van der Waals surface area contributed by atoms with Gasteiger partial charge in [0.1, 0.15) is 5.56 Å². The molecule has 3 N–H and O–H groups in total. The number of nitrogens with one attached hydrogen (secondary N) is 1. The van der Waals surface area contributed by atoms with Crippen LogP contribution in [0.5, 0.6) is 0 Å². The molecule has 0 aliphatic heterocycles. The van der Waals surface area contributed by atoms with Gasteiger partial charge >= 0.3 is 0 Å². The number of amides is 1. The van der Waals surface area contributed by atoms with Crippen LogP contribution in [-0.4, -0.2) is 47.3 Å². The Labute approximate surface area is 154 Å². The second-order valence-corrected chi connectivity index (χ2v) is 6.71. The van der Waals surface area contributed by atoms with Crippen LogP contribution in [0.2, 0.25) is 0 Å². The van der Waals surface area contributed by atoms with Crippen LogP contribution in [0.15, 0.2) is 60.3 Å². The van der Waals surface area contributed by atoms with E-state index in [1.54, 1.807) is 10.9 Å². The Morgan fingerprint density at radius 3 is 2.73 bits per heavy atom. The van der Waals surface area contributed by atoms with Gasteiger partial charge in [-0.2, -0.15) is 0 Å². The lowest BCUT2D eigenvalue weighted by atomic mass is 10.0. The minimum atomic E-state index is -0.489. The van der Waals surface area contributed by atoms with Crippen LogP contribution < -0.4 is 11.1 Å². The van der Waals surface area contributed by atoms with Crippen molar-refractivity contribution in [1.82, 2.24) is 14.7 Å². The molecule has 3 rings (SSSR count). The summed E-state index contributed by atoms with van der Waals surface area (Å²) >= 11 is 0. The molecule has 1 atom stereocenters. The number of carbonyl (C=O) groups excluding carboxylic acids is 1. The van der Waals surface area contributed by atoms with Crippen LogP contribution in [0, 0.1) is 0 Å². The number of para-hydroxylation sites is 1. The summed E-state index contributed by atoms with van der Waals surface area (Å²) in [5.74, 6) is 0.0258. The van der Waals surface area contributed by atoms with Gasteiger partial charge in [0, 0.05) is 18.8 Å².